The third-order valence-electron chi connectivity index (χ3n) is 4.36. The number of β-amino-alcohol motifs (C(OH)–C–C–N with tert-alkyl or cyclic N) is 1. The van der Waals surface area contributed by atoms with Crippen LogP contribution < -0.4 is 0 Å². The van der Waals surface area contributed by atoms with E-state index in [9.17, 15) is 14.3 Å². The van der Waals surface area contributed by atoms with Crippen molar-refractivity contribution in [3.8, 4) is 5.69 Å². The van der Waals surface area contributed by atoms with Crippen molar-refractivity contribution in [1.29, 1.82) is 0 Å². The van der Waals surface area contributed by atoms with Crippen molar-refractivity contribution in [2.45, 2.75) is 32.8 Å². The lowest BCUT2D eigenvalue weighted by molar-refractivity contribution is -0.129. The van der Waals surface area contributed by atoms with Gasteiger partial charge >= 0.3 is 0 Å². The number of aliphatic hydroxyl groups is 1. The van der Waals surface area contributed by atoms with Crippen molar-refractivity contribution in [3.63, 3.8) is 0 Å². The van der Waals surface area contributed by atoms with E-state index < -0.39 is 6.10 Å². The number of benzene rings is 1. The second-order valence-electron chi connectivity index (χ2n) is 6.00. The van der Waals surface area contributed by atoms with Crippen LogP contribution in [0.2, 0.25) is 0 Å². The summed E-state index contributed by atoms with van der Waals surface area (Å²) in [5, 5.41) is 14.0. The van der Waals surface area contributed by atoms with Gasteiger partial charge in [0.2, 0.25) is 5.91 Å². The van der Waals surface area contributed by atoms with Crippen LogP contribution in [0.15, 0.2) is 24.3 Å². The molecule has 1 aliphatic heterocycles. The Bertz CT molecular complexity index is 724. The van der Waals surface area contributed by atoms with Crippen molar-refractivity contribution in [2.75, 3.05) is 13.1 Å². The van der Waals surface area contributed by atoms with Crippen LogP contribution in [-0.2, 0) is 11.2 Å². The molecule has 6 heteroatoms. The number of nitrogens with zero attached hydrogens (tertiary/aromatic N) is 3. The number of hydrogen-bond acceptors (Lipinski definition) is 3. The second-order valence-corrected chi connectivity index (χ2v) is 6.00. The van der Waals surface area contributed by atoms with Gasteiger partial charge in [-0.2, -0.15) is 5.10 Å². The van der Waals surface area contributed by atoms with E-state index in [2.05, 4.69) is 5.10 Å². The number of aromatic nitrogens is 2. The van der Waals surface area contributed by atoms with Crippen LogP contribution in [0.1, 0.15) is 23.4 Å². The Kier molecular flexibility index (Phi) is 4.17. The van der Waals surface area contributed by atoms with E-state index in [1.54, 1.807) is 21.7 Å². The van der Waals surface area contributed by atoms with E-state index in [0.29, 0.717) is 19.5 Å². The predicted octanol–water partition coefficient (Wildman–Crippen LogP) is 1.76. The van der Waals surface area contributed by atoms with E-state index in [1.807, 2.05) is 13.8 Å². The van der Waals surface area contributed by atoms with Gasteiger partial charge in [-0.1, -0.05) is 0 Å². The van der Waals surface area contributed by atoms with Gasteiger partial charge in [-0.05, 0) is 44.5 Å². The zero-order valence-corrected chi connectivity index (χ0v) is 13.3. The van der Waals surface area contributed by atoms with E-state index in [-0.39, 0.29) is 18.1 Å². The van der Waals surface area contributed by atoms with Gasteiger partial charge in [0.1, 0.15) is 5.82 Å². The molecule has 1 aliphatic rings. The number of aliphatic hydroxyl groups excluding tert-OH is 1. The summed E-state index contributed by atoms with van der Waals surface area (Å²) in [5.74, 6) is -0.287. The van der Waals surface area contributed by atoms with Gasteiger partial charge in [-0.3, -0.25) is 4.79 Å². The topological polar surface area (TPSA) is 58.4 Å². The summed E-state index contributed by atoms with van der Waals surface area (Å²) in [4.78, 5) is 14.1. The third kappa shape index (κ3) is 3.12. The maximum Gasteiger partial charge on any atom is 0.227 e. The van der Waals surface area contributed by atoms with Crippen LogP contribution in [0.25, 0.3) is 5.69 Å². The molecule has 122 valence electrons. The van der Waals surface area contributed by atoms with Gasteiger partial charge in [0, 0.05) is 24.3 Å². The maximum absolute atomic E-state index is 13.1. The number of aryl methyl sites for hydroxylation is 1. The lowest BCUT2D eigenvalue weighted by Gasteiger charge is -2.15. The number of rotatable bonds is 3. The van der Waals surface area contributed by atoms with Crippen LogP contribution in [0.5, 0.6) is 0 Å². The molecule has 1 aromatic heterocycles. The van der Waals surface area contributed by atoms with Gasteiger partial charge in [0.15, 0.2) is 0 Å². The molecule has 1 N–H and O–H groups in total. The average Bonchev–Trinajstić information content (AvgIpc) is 3.07. The first-order chi connectivity index (χ1) is 11.0. The Morgan fingerprint density at radius 2 is 2.04 bits per heavy atom. The summed E-state index contributed by atoms with van der Waals surface area (Å²) in [7, 11) is 0. The largest absolute Gasteiger partial charge is 0.391 e. The molecule has 1 amide bonds. The van der Waals surface area contributed by atoms with Crippen LogP contribution in [0, 0.1) is 19.7 Å². The fourth-order valence-corrected chi connectivity index (χ4v) is 3.00. The first-order valence-corrected chi connectivity index (χ1v) is 7.72. The normalized spacial score (nSPS) is 17.7. The molecule has 0 spiro atoms. The van der Waals surface area contributed by atoms with E-state index in [1.165, 1.54) is 12.1 Å². The lowest BCUT2D eigenvalue weighted by Crippen LogP contribution is -2.31. The molecule has 2 aromatic rings. The highest BCUT2D eigenvalue weighted by Crippen LogP contribution is 2.20. The minimum atomic E-state index is -0.414. The Morgan fingerprint density at radius 3 is 2.65 bits per heavy atom. The summed E-state index contributed by atoms with van der Waals surface area (Å²) >= 11 is 0. The molecule has 0 bridgehead atoms. The van der Waals surface area contributed by atoms with Gasteiger partial charge in [-0.15, -0.1) is 0 Å². The number of halogens is 1. The molecule has 2 heterocycles. The number of hydrogen-bond donors (Lipinski definition) is 1. The van der Waals surface area contributed by atoms with Gasteiger partial charge < -0.3 is 10.0 Å². The Balaban J connectivity index is 1.83. The lowest BCUT2D eigenvalue weighted by atomic mass is 10.1. The van der Waals surface area contributed by atoms with Crippen molar-refractivity contribution in [3.05, 3.63) is 47.0 Å². The maximum atomic E-state index is 13.1. The van der Waals surface area contributed by atoms with E-state index in [0.717, 1.165) is 22.6 Å². The van der Waals surface area contributed by atoms with Crippen LogP contribution >= 0.6 is 0 Å². The summed E-state index contributed by atoms with van der Waals surface area (Å²) in [6, 6.07) is 6.11. The van der Waals surface area contributed by atoms with Gasteiger partial charge in [0.25, 0.3) is 0 Å². The van der Waals surface area contributed by atoms with Crippen molar-refractivity contribution in [1.82, 2.24) is 14.7 Å². The standard InChI is InChI=1S/C17H20FN3O2/c1-11-16(9-17(23)20-8-7-15(22)10-20)12(2)21(19-11)14-5-3-13(18)4-6-14/h3-6,15,22H,7-10H2,1-2H3/t15-/m1/s1. The second kappa shape index (κ2) is 6.12. The minimum Gasteiger partial charge on any atom is -0.391 e. The molecule has 0 radical (unpaired) electrons. The van der Waals surface area contributed by atoms with Gasteiger partial charge in [-0.25, -0.2) is 9.07 Å². The first-order valence-electron chi connectivity index (χ1n) is 7.72. The predicted molar refractivity (Wildman–Crippen MR) is 83.9 cm³/mol. The summed E-state index contributed by atoms with van der Waals surface area (Å²) < 4.78 is 14.8. The highest BCUT2D eigenvalue weighted by Gasteiger charge is 2.26. The first kappa shape index (κ1) is 15.7. The Hall–Kier alpha value is -2.21. The highest BCUT2D eigenvalue weighted by atomic mass is 19.1. The zero-order chi connectivity index (χ0) is 16.6. The van der Waals surface area contributed by atoms with Crippen molar-refractivity contribution in [2.24, 2.45) is 0 Å². The highest BCUT2D eigenvalue weighted by molar-refractivity contribution is 5.79. The van der Waals surface area contributed by atoms with Gasteiger partial charge in [0.05, 0.1) is 23.9 Å². The molecule has 0 aliphatic carbocycles. The molecular formula is C17H20FN3O2. The Morgan fingerprint density at radius 1 is 1.35 bits per heavy atom. The molecule has 1 atom stereocenters. The van der Waals surface area contributed by atoms with Crippen molar-refractivity contribution >= 4 is 5.91 Å². The number of likely N-dealkylation sites (tertiary alicyclic amines) is 1. The number of carbonyl (C=O) groups excluding carboxylic acids is 1. The monoisotopic (exact) mass is 317 g/mol. The van der Waals surface area contributed by atoms with E-state index in [4.69, 9.17) is 0 Å². The molecule has 1 aromatic carbocycles. The molecule has 5 nitrogen and oxygen atoms in total. The van der Waals surface area contributed by atoms with Crippen LogP contribution in [0.4, 0.5) is 4.39 Å². The van der Waals surface area contributed by atoms with Crippen LogP contribution in [0.3, 0.4) is 0 Å². The molecule has 3 rings (SSSR count). The molecule has 1 fully saturated rings. The summed E-state index contributed by atoms with van der Waals surface area (Å²) in [6.07, 6.45) is 0.493. The number of carbonyl (C=O) groups is 1. The van der Waals surface area contributed by atoms with E-state index >= 15 is 0 Å². The SMILES string of the molecule is Cc1nn(-c2ccc(F)cc2)c(C)c1CC(=O)N1CC[C@@H](O)C1. The smallest absolute Gasteiger partial charge is 0.227 e. The molecular weight excluding hydrogens is 297 g/mol. The third-order valence-corrected chi connectivity index (χ3v) is 4.36. The summed E-state index contributed by atoms with van der Waals surface area (Å²) in [5.41, 5.74) is 3.32. The fourth-order valence-electron chi connectivity index (χ4n) is 3.00. The average molecular weight is 317 g/mol. The number of amides is 1. The molecule has 0 unspecified atom stereocenters. The molecule has 23 heavy (non-hydrogen) atoms. The summed E-state index contributed by atoms with van der Waals surface area (Å²) in [6.45, 7) is 4.78. The van der Waals surface area contributed by atoms with Crippen LogP contribution in [-0.4, -0.2) is 44.9 Å². The molecule has 1 saturated heterocycles. The Labute approximate surface area is 134 Å². The van der Waals surface area contributed by atoms with Crippen molar-refractivity contribution < 1.29 is 14.3 Å². The fraction of sp³-hybridized carbons (Fsp3) is 0.412. The quantitative estimate of drug-likeness (QED) is 0.938. The molecule has 0 saturated carbocycles. The minimum absolute atomic E-state index is 0.00593. The zero-order valence-electron chi connectivity index (χ0n) is 13.3.